The molecule has 0 spiro atoms. The van der Waals surface area contributed by atoms with Crippen LogP contribution >= 0.6 is 0 Å². The van der Waals surface area contributed by atoms with Crippen LogP contribution in [0.1, 0.15) is 20.3 Å². The Balaban J connectivity index is 2.35. The van der Waals surface area contributed by atoms with E-state index in [-0.39, 0.29) is 37.9 Å². The molecule has 0 aromatic carbocycles. The molecule has 0 aromatic rings. The van der Waals surface area contributed by atoms with Gasteiger partial charge in [0.15, 0.2) is 0 Å². The van der Waals surface area contributed by atoms with Crippen LogP contribution in [0.4, 0.5) is 4.79 Å². The monoisotopic (exact) mass is 287 g/mol. The minimum atomic E-state index is -0.928. The fourth-order valence-corrected chi connectivity index (χ4v) is 1.81. The van der Waals surface area contributed by atoms with Gasteiger partial charge in [-0.3, -0.25) is 14.5 Å². The van der Waals surface area contributed by atoms with Gasteiger partial charge < -0.3 is 20.5 Å². The summed E-state index contributed by atoms with van der Waals surface area (Å²) in [6.07, 6.45) is -0.783. The Morgan fingerprint density at radius 2 is 2.15 bits per heavy atom. The van der Waals surface area contributed by atoms with Gasteiger partial charge >= 0.3 is 6.03 Å². The van der Waals surface area contributed by atoms with Crippen molar-refractivity contribution in [2.75, 3.05) is 26.8 Å². The van der Waals surface area contributed by atoms with Crippen molar-refractivity contribution in [1.29, 1.82) is 0 Å². The number of urea groups is 1. The van der Waals surface area contributed by atoms with Crippen molar-refractivity contribution < 1.29 is 24.2 Å². The fourth-order valence-electron chi connectivity index (χ4n) is 1.81. The predicted octanol–water partition coefficient (Wildman–Crippen LogP) is -1.17. The summed E-state index contributed by atoms with van der Waals surface area (Å²) in [5.41, 5.74) is -0.928. The quantitative estimate of drug-likeness (QED) is 0.511. The van der Waals surface area contributed by atoms with E-state index in [9.17, 15) is 19.5 Å². The number of aliphatic hydroxyl groups is 1. The van der Waals surface area contributed by atoms with Crippen LogP contribution in [0.5, 0.6) is 0 Å². The highest BCUT2D eigenvalue weighted by atomic mass is 16.5. The highest BCUT2D eigenvalue weighted by Gasteiger charge is 2.43. The van der Waals surface area contributed by atoms with E-state index >= 15 is 0 Å². The van der Waals surface area contributed by atoms with Gasteiger partial charge in [0.1, 0.15) is 5.54 Å². The maximum absolute atomic E-state index is 11.9. The van der Waals surface area contributed by atoms with E-state index in [1.54, 1.807) is 13.8 Å². The van der Waals surface area contributed by atoms with Gasteiger partial charge in [-0.25, -0.2) is 4.79 Å². The Labute approximate surface area is 117 Å². The summed E-state index contributed by atoms with van der Waals surface area (Å²) in [5, 5.41) is 14.4. The number of hydrogen-bond donors (Lipinski definition) is 3. The highest BCUT2D eigenvalue weighted by molar-refractivity contribution is 6.06. The molecule has 4 amide bonds. The molecule has 0 aliphatic carbocycles. The maximum Gasteiger partial charge on any atom is 0.325 e. The predicted molar refractivity (Wildman–Crippen MR) is 69.8 cm³/mol. The van der Waals surface area contributed by atoms with Crippen LogP contribution in [-0.2, 0) is 14.3 Å². The molecule has 1 aliphatic rings. The second-order valence-corrected chi connectivity index (χ2v) is 5.18. The summed E-state index contributed by atoms with van der Waals surface area (Å²) in [6.45, 7) is 3.42. The third kappa shape index (κ3) is 4.17. The SMILES string of the molecule is COCC(O)CNC(=O)CCN1C(=O)NC(C)(C)C1=O. The lowest BCUT2D eigenvalue weighted by Crippen LogP contribution is -2.41. The van der Waals surface area contributed by atoms with Crippen LogP contribution in [0.25, 0.3) is 0 Å². The molecular weight excluding hydrogens is 266 g/mol. The molecule has 1 rings (SSSR count). The maximum atomic E-state index is 11.9. The molecular formula is C12H21N3O5. The van der Waals surface area contributed by atoms with E-state index in [1.165, 1.54) is 7.11 Å². The van der Waals surface area contributed by atoms with Crippen molar-refractivity contribution in [3.63, 3.8) is 0 Å². The first kappa shape index (κ1) is 16.4. The van der Waals surface area contributed by atoms with Crippen LogP contribution in [-0.4, -0.2) is 66.3 Å². The second-order valence-electron chi connectivity index (χ2n) is 5.18. The number of imide groups is 1. The molecule has 1 atom stereocenters. The summed E-state index contributed by atoms with van der Waals surface area (Å²) in [6, 6.07) is -0.493. The number of amides is 4. The smallest absolute Gasteiger partial charge is 0.325 e. The average molecular weight is 287 g/mol. The Kier molecular flexibility index (Phi) is 5.46. The standard InChI is InChI=1S/C12H21N3O5/c1-12(2)10(18)15(11(19)14-12)5-4-9(17)13-6-8(16)7-20-3/h8,16H,4-7H2,1-3H3,(H,13,17)(H,14,19). The molecule has 114 valence electrons. The lowest BCUT2D eigenvalue weighted by molar-refractivity contribution is -0.130. The number of carbonyl (C=O) groups is 3. The Bertz CT molecular complexity index is 397. The normalized spacial score (nSPS) is 18.9. The van der Waals surface area contributed by atoms with Gasteiger partial charge in [-0.2, -0.15) is 0 Å². The van der Waals surface area contributed by atoms with Gasteiger partial charge in [0, 0.05) is 26.6 Å². The molecule has 3 N–H and O–H groups in total. The van der Waals surface area contributed by atoms with E-state index in [0.717, 1.165) is 4.90 Å². The van der Waals surface area contributed by atoms with E-state index in [2.05, 4.69) is 10.6 Å². The minimum absolute atomic E-state index is 0.00502. The van der Waals surface area contributed by atoms with Gasteiger partial charge in [0.05, 0.1) is 12.7 Å². The fraction of sp³-hybridized carbons (Fsp3) is 0.750. The molecule has 1 unspecified atom stereocenters. The number of ether oxygens (including phenoxy) is 1. The van der Waals surface area contributed by atoms with Crippen LogP contribution in [0.3, 0.4) is 0 Å². The molecule has 0 bridgehead atoms. The number of aliphatic hydroxyl groups excluding tert-OH is 1. The number of rotatable bonds is 7. The first-order valence-electron chi connectivity index (χ1n) is 6.35. The third-order valence-electron chi connectivity index (χ3n) is 2.90. The van der Waals surface area contributed by atoms with Crippen LogP contribution in [0.2, 0.25) is 0 Å². The van der Waals surface area contributed by atoms with Gasteiger partial charge in [0.25, 0.3) is 5.91 Å². The molecule has 1 fully saturated rings. The molecule has 0 radical (unpaired) electrons. The van der Waals surface area contributed by atoms with Gasteiger partial charge in [-0.1, -0.05) is 0 Å². The van der Waals surface area contributed by atoms with Crippen molar-refractivity contribution in [3.05, 3.63) is 0 Å². The number of nitrogens with zero attached hydrogens (tertiary/aromatic N) is 1. The average Bonchev–Trinajstić information content (AvgIpc) is 2.54. The van der Waals surface area contributed by atoms with Crippen LogP contribution in [0, 0.1) is 0 Å². The van der Waals surface area contributed by atoms with Crippen molar-refractivity contribution >= 4 is 17.8 Å². The third-order valence-corrected chi connectivity index (χ3v) is 2.90. The van der Waals surface area contributed by atoms with Gasteiger partial charge in [-0.05, 0) is 13.8 Å². The van der Waals surface area contributed by atoms with E-state index in [4.69, 9.17) is 4.74 Å². The zero-order valence-electron chi connectivity index (χ0n) is 11.9. The summed E-state index contributed by atoms with van der Waals surface area (Å²) >= 11 is 0. The number of methoxy groups -OCH3 is 1. The first-order chi connectivity index (χ1) is 9.27. The lowest BCUT2D eigenvalue weighted by atomic mass is 10.1. The summed E-state index contributed by atoms with van der Waals surface area (Å²) in [7, 11) is 1.45. The molecule has 8 heteroatoms. The molecule has 0 aromatic heterocycles. The van der Waals surface area contributed by atoms with Crippen molar-refractivity contribution in [2.45, 2.75) is 31.9 Å². The number of carbonyl (C=O) groups excluding carboxylic acids is 3. The molecule has 8 nitrogen and oxygen atoms in total. The van der Waals surface area contributed by atoms with E-state index in [0.29, 0.717) is 0 Å². The second kappa shape index (κ2) is 6.67. The zero-order chi connectivity index (χ0) is 15.3. The summed E-state index contributed by atoms with van der Waals surface area (Å²) in [4.78, 5) is 36.0. The summed E-state index contributed by atoms with van der Waals surface area (Å²) < 4.78 is 4.72. The van der Waals surface area contributed by atoms with Gasteiger partial charge in [0.2, 0.25) is 5.91 Å². The molecule has 20 heavy (non-hydrogen) atoms. The molecule has 1 heterocycles. The van der Waals surface area contributed by atoms with Crippen molar-refractivity contribution in [2.24, 2.45) is 0 Å². The Morgan fingerprint density at radius 3 is 2.65 bits per heavy atom. The molecule has 1 saturated heterocycles. The van der Waals surface area contributed by atoms with E-state index < -0.39 is 17.7 Å². The van der Waals surface area contributed by atoms with E-state index in [1.807, 2.05) is 0 Å². The van der Waals surface area contributed by atoms with Crippen molar-refractivity contribution in [3.8, 4) is 0 Å². The topological polar surface area (TPSA) is 108 Å². The lowest BCUT2D eigenvalue weighted by Gasteiger charge is -2.16. The van der Waals surface area contributed by atoms with Crippen LogP contribution < -0.4 is 10.6 Å². The molecule has 1 aliphatic heterocycles. The Hall–Kier alpha value is -1.67. The van der Waals surface area contributed by atoms with Crippen LogP contribution in [0.15, 0.2) is 0 Å². The molecule has 0 saturated carbocycles. The van der Waals surface area contributed by atoms with Gasteiger partial charge in [-0.15, -0.1) is 0 Å². The zero-order valence-corrected chi connectivity index (χ0v) is 11.9. The highest BCUT2D eigenvalue weighted by Crippen LogP contribution is 2.16. The number of nitrogens with one attached hydrogen (secondary N) is 2. The number of hydrogen-bond acceptors (Lipinski definition) is 5. The van der Waals surface area contributed by atoms with Crippen molar-refractivity contribution in [1.82, 2.24) is 15.5 Å². The Morgan fingerprint density at radius 1 is 1.50 bits per heavy atom. The minimum Gasteiger partial charge on any atom is -0.389 e. The largest absolute Gasteiger partial charge is 0.389 e. The summed E-state index contributed by atoms with van der Waals surface area (Å²) in [5.74, 6) is -0.694. The first-order valence-corrected chi connectivity index (χ1v) is 6.35.